The zero-order valence-electron chi connectivity index (χ0n) is 17.6. The molecule has 0 heterocycles. The van der Waals surface area contributed by atoms with E-state index < -0.39 is 9.05 Å². The van der Waals surface area contributed by atoms with E-state index in [4.69, 9.17) is 22.4 Å². The Morgan fingerprint density at radius 2 is 1.42 bits per heavy atom. The summed E-state index contributed by atoms with van der Waals surface area (Å²) in [5, 5.41) is 6.55. The first kappa shape index (κ1) is 25.3. The predicted molar refractivity (Wildman–Crippen MR) is 106 cm³/mol. The van der Waals surface area contributed by atoms with E-state index in [1.807, 2.05) is 34.6 Å². The molecular weight excluding hydrogens is 354 g/mol. The Hall–Kier alpha value is -0.713. The van der Waals surface area contributed by atoms with Gasteiger partial charge in [0.25, 0.3) is 0 Å². The molecule has 0 aliphatic carbocycles. The molecule has 8 nitrogen and oxygen atoms in total. The van der Waals surface area contributed by atoms with E-state index in [1.165, 1.54) is 0 Å². The van der Waals surface area contributed by atoms with Crippen LogP contribution in [0.5, 0.6) is 0 Å². The van der Waals surface area contributed by atoms with Crippen molar-refractivity contribution in [3.05, 3.63) is 0 Å². The molecular formula is C17H39N3O5Si. The standard InChI is InChI=1S/C17H39N3O5Si/c1-8-22-26(23-9-2,24-10-3)25-14-13-21-12-11-18-17(19-15(4)5)20-16(6)7/h15-16H,8-14H2,1-7H3,(H2,18,19,20). The summed E-state index contributed by atoms with van der Waals surface area (Å²) in [5.74, 6) is 0.797. The Morgan fingerprint density at radius 1 is 0.846 bits per heavy atom. The van der Waals surface area contributed by atoms with E-state index in [2.05, 4.69) is 29.5 Å². The van der Waals surface area contributed by atoms with Crippen LogP contribution in [0.4, 0.5) is 0 Å². The van der Waals surface area contributed by atoms with Crippen molar-refractivity contribution in [3.63, 3.8) is 0 Å². The van der Waals surface area contributed by atoms with Gasteiger partial charge in [0, 0.05) is 38.4 Å². The highest BCUT2D eigenvalue weighted by atomic mass is 28.4. The quantitative estimate of drug-likeness (QED) is 0.190. The molecule has 0 bridgehead atoms. The maximum absolute atomic E-state index is 5.77. The number of hydrogen-bond donors (Lipinski definition) is 2. The van der Waals surface area contributed by atoms with E-state index >= 15 is 0 Å². The van der Waals surface area contributed by atoms with Gasteiger partial charge >= 0.3 is 9.05 Å². The summed E-state index contributed by atoms with van der Waals surface area (Å²) in [4.78, 5) is 4.51. The molecule has 0 saturated carbocycles. The van der Waals surface area contributed by atoms with Crippen LogP contribution in [-0.2, 0) is 22.4 Å². The van der Waals surface area contributed by atoms with Crippen molar-refractivity contribution in [3.8, 4) is 0 Å². The summed E-state index contributed by atoms with van der Waals surface area (Å²) >= 11 is 0. The van der Waals surface area contributed by atoms with Gasteiger partial charge in [0.15, 0.2) is 5.96 Å². The SMILES string of the molecule is CCO[Si](OCC)(OCC)OCCOCCN/C(=N\C(C)C)NC(C)C. The Labute approximate surface area is 160 Å². The summed E-state index contributed by atoms with van der Waals surface area (Å²) in [6.45, 7) is 17.4. The van der Waals surface area contributed by atoms with Crippen LogP contribution in [0.3, 0.4) is 0 Å². The van der Waals surface area contributed by atoms with Gasteiger partial charge in [-0.3, -0.25) is 4.99 Å². The van der Waals surface area contributed by atoms with E-state index in [9.17, 15) is 0 Å². The molecule has 0 fully saturated rings. The van der Waals surface area contributed by atoms with Gasteiger partial charge in [-0.2, -0.15) is 0 Å². The fourth-order valence-corrected chi connectivity index (χ4v) is 3.91. The van der Waals surface area contributed by atoms with Gasteiger partial charge in [-0.05, 0) is 48.5 Å². The molecule has 2 N–H and O–H groups in total. The Morgan fingerprint density at radius 3 is 1.88 bits per heavy atom. The molecule has 0 spiro atoms. The maximum Gasteiger partial charge on any atom is 0.679 e. The minimum atomic E-state index is -3.04. The highest BCUT2D eigenvalue weighted by Gasteiger charge is 2.44. The molecule has 0 radical (unpaired) electrons. The van der Waals surface area contributed by atoms with Crippen molar-refractivity contribution < 1.29 is 22.4 Å². The molecule has 0 aliphatic heterocycles. The third kappa shape index (κ3) is 12.6. The van der Waals surface area contributed by atoms with Crippen LogP contribution in [0.15, 0.2) is 4.99 Å². The third-order valence-electron chi connectivity index (χ3n) is 2.82. The lowest BCUT2D eigenvalue weighted by Gasteiger charge is -2.26. The van der Waals surface area contributed by atoms with Crippen LogP contribution in [0, 0.1) is 0 Å². The molecule has 0 rings (SSSR count). The average Bonchev–Trinajstić information content (AvgIpc) is 2.53. The van der Waals surface area contributed by atoms with Gasteiger partial charge in [0.1, 0.15) is 0 Å². The first-order valence-corrected chi connectivity index (χ1v) is 11.2. The highest BCUT2D eigenvalue weighted by molar-refractivity contribution is 6.53. The molecule has 26 heavy (non-hydrogen) atoms. The lowest BCUT2D eigenvalue weighted by atomic mass is 10.4. The molecule has 0 aromatic rings. The second-order valence-electron chi connectivity index (χ2n) is 6.06. The lowest BCUT2D eigenvalue weighted by molar-refractivity contribution is -0.0389. The molecule has 9 heteroatoms. The van der Waals surface area contributed by atoms with Crippen LogP contribution < -0.4 is 10.6 Å². The average molecular weight is 394 g/mol. The number of nitrogens with one attached hydrogen (secondary N) is 2. The van der Waals surface area contributed by atoms with E-state index in [-0.39, 0.29) is 6.04 Å². The molecule has 0 aliphatic rings. The van der Waals surface area contributed by atoms with Gasteiger partial charge in [-0.1, -0.05) is 0 Å². The second kappa shape index (κ2) is 15.4. The molecule has 0 saturated heterocycles. The van der Waals surface area contributed by atoms with Gasteiger partial charge in [0.05, 0.1) is 19.8 Å². The van der Waals surface area contributed by atoms with Crippen molar-refractivity contribution >= 4 is 15.0 Å². The topological polar surface area (TPSA) is 82.6 Å². The third-order valence-corrected chi connectivity index (χ3v) is 5.31. The molecule has 0 aromatic carbocycles. The number of aliphatic imine (C=N–C) groups is 1. The van der Waals surface area contributed by atoms with Gasteiger partial charge in [-0.25, -0.2) is 0 Å². The monoisotopic (exact) mass is 393 g/mol. The predicted octanol–water partition coefficient (Wildman–Crippen LogP) is 1.92. The summed E-state index contributed by atoms with van der Waals surface area (Å²) in [7, 11) is -3.04. The van der Waals surface area contributed by atoms with Crippen molar-refractivity contribution in [1.82, 2.24) is 10.6 Å². The fraction of sp³-hybridized carbons (Fsp3) is 0.941. The summed E-state index contributed by atoms with van der Waals surface area (Å²) < 4.78 is 28.3. The number of nitrogens with zero attached hydrogens (tertiary/aromatic N) is 1. The first-order valence-electron chi connectivity index (χ1n) is 9.60. The molecule has 0 amide bonds. The van der Waals surface area contributed by atoms with Crippen LogP contribution in [-0.4, -0.2) is 73.3 Å². The minimum absolute atomic E-state index is 0.229. The van der Waals surface area contributed by atoms with Gasteiger partial charge < -0.3 is 33.1 Å². The van der Waals surface area contributed by atoms with Crippen molar-refractivity contribution in [1.29, 1.82) is 0 Å². The number of rotatable bonds is 15. The largest absolute Gasteiger partial charge is 0.679 e. The highest BCUT2D eigenvalue weighted by Crippen LogP contribution is 2.11. The fourth-order valence-electron chi connectivity index (χ4n) is 2.02. The van der Waals surface area contributed by atoms with Crippen LogP contribution in [0.25, 0.3) is 0 Å². The first-order chi connectivity index (χ1) is 12.4. The zero-order chi connectivity index (χ0) is 19.8. The van der Waals surface area contributed by atoms with E-state index in [1.54, 1.807) is 0 Å². The normalized spacial score (nSPS) is 12.9. The lowest BCUT2D eigenvalue weighted by Crippen LogP contribution is -2.50. The van der Waals surface area contributed by atoms with E-state index in [0.29, 0.717) is 52.2 Å². The molecule has 0 atom stereocenters. The van der Waals surface area contributed by atoms with Crippen molar-refractivity contribution in [2.24, 2.45) is 4.99 Å². The van der Waals surface area contributed by atoms with Crippen molar-refractivity contribution in [2.45, 2.75) is 60.5 Å². The smallest absolute Gasteiger partial charge is 0.377 e. The van der Waals surface area contributed by atoms with Gasteiger partial charge in [0.2, 0.25) is 0 Å². The zero-order valence-corrected chi connectivity index (χ0v) is 18.6. The second-order valence-corrected chi connectivity index (χ2v) is 8.21. The van der Waals surface area contributed by atoms with Crippen LogP contribution >= 0.6 is 0 Å². The van der Waals surface area contributed by atoms with Gasteiger partial charge in [-0.15, -0.1) is 0 Å². The summed E-state index contributed by atoms with van der Waals surface area (Å²) in [5.41, 5.74) is 0. The summed E-state index contributed by atoms with van der Waals surface area (Å²) in [6.07, 6.45) is 0. The molecule has 0 unspecified atom stereocenters. The van der Waals surface area contributed by atoms with Crippen molar-refractivity contribution in [2.75, 3.05) is 46.2 Å². The Kier molecular flexibility index (Phi) is 14.9. The minimum Gasteiger partial charge on any atom is -0.377 e. The summed E-state index contributed by atoms with van der Waals surface area (Å²) in [6, 6.07) is 0.551. The van der Waals surface area contributed by atoms with Crippen LogP contribution in [0.1, 0.15) is 48.5 Å². The maximum atomic E-state index is 5.77. The van der Waals surface area contributed by atoms with E-state index in [0.717, 1.165) is 5.96 Å². The van der Waals surface area contributed by atoms with Crippen LogP contribution in [0.2, 0.25) is 0 Å². The number of hydrogen-bond acceptors (Lipinski definition) is 6. The number of ether oxygens (including phenoxy) is 1. The Bertz CT molecular complexity index is 353. The molecule has 156 valence electrons. The Balaban J connectivity index is 4.12. The molecule has 0 aromatic heterocycles. The number of guanidine groups is 1.